The molecule has 0 spiro atoms. The zero-order chi connectivity index (χ0) is 22.3. The maximum absolute atomic E-state index is 11.3. The molecule has 6 heteroatoms. The molecule has 2 heterocycles. The summed E-state index contributed by atoms with van der Waals surface area (Å²) in [6.45, 7) is 4.21. The number of hydrogen-bond acceptors (Lipinski definition) is 4. The Morgan fingerprint density at radius 2 is 2.00 bits per heavy atom. The number of methoxy groups -OCH3 is 1. The minimum Gasteiger partial charge on any atom is -0.497 e. The maximum atomic E-state index is 11.3. The van der Waals surface area contributed by atoms with Gasteiger partial charge in [-0.1, -0.05) is 36.8 Å². The Balaban J connectivity index is 1.63. The first-order chi connectivity index (χ1) is 15.6. The van der Waals surface area contributed by atoms with Crippen LogP contribution in [0.3, 0.4) is 0 Å². The molecule has 168 valence electrons. The molecule has 1 fully saturated rings. The normalized spacial score (nSPS) is 16.6. The summed E-state index contributed by atoms with van der Waals surface area (Å²) < 4.78 is 7.43. The van der Waals surface area contributed by atoms with Crippen LogP contribution >= 0.6 is 0 Å². The first-order valence-corrected chi connectivity index (χ1v) is 11.4. The summed E-state index contributed by atoms with van der Waals surface area (Å²) in [5.41, 5.74) is 4.29. The van der Waals surface area contributed by atoms with Crippen molar-refractivity contribution in [3.63, 3.8) is 0 Å². The predicted octanol–water partition coefficient (Wildman–Crippen LogP) is 4.43. The van der Waals surface area contributed by atoms with Gasteiger partial charge < -0.3 is 10.1 Å². The lowest BCUT2D eigenvalue weighted by Crippen LogP contribution is -2.41. The maximum Gasteiger partial charge on any atom is 0.216 e. The van der Waals surface area contributed by atoms with Crippen LogP contribution < -0.4 is 10.1 Å². The molecular weight excluding hydrogens is 400 g/mol. The van der Waals surface area contributed by atoms with Gasteiger partial charge in [0.1, 0.15) is 5.75 Å². The molecule has 1 aliphatic heterocycles. The molecule has 1 N–H and O–H groups in total. The molecule has 6 nitrogen and oxygen atoms in total. The lowest BCUT2D eigenvalue weighted by molar-refractivity contribution is -0.119. The first kappa shape index (κ1) is 22.1. The number of piperidine rings is 1. The average Bonchev–Trinajstić information content (AvgIpc) is 3.24. The van der Waals surface area contributed by atoms with Crippen LogP contribution in [-0.4, -0.2) is 46.8 Å². The van der Waals surface area contributed by atoms with Crippen LogP contribution in [0.2, 0.25) is 0 Å². The largest absolute Gasteiger partial charge is 0.497 e. The number of aromatic nitrogens is 2. The van der Waals surface area contributed by atoms with Crippen molar-refractivity contribution in [1.82, 2.24) is 20.0 Å². The van der Waals surface area contributed by atoms with E-state index in [1.807, 2.05) is 41.1 Å². The van der Waals surface area contributed by atoms with E-state index in [2.05, 4.69) is 34.6 Å². The lowest BCUT2D eigenvalue weighted by Gasteiger charge is -2.35. The van der Waals surface area contributed by atoms with Crippen LogP contribution in [0.4, 0.5) is 0 Å². The minimum absolute atomic E-state index is 0.0387. The van der Waals surface area contributed by atoms with E-state index in [9.17, 15) is 4.79 Å². The Morgan fingerprint density at radius 1 is 1.16 bits per heavy atom. The molecule has 1 aromatic heterocycles. The number of amides is 1. The van der Waals surface area contributed by atoms with E-state index in [0.717, 1.165) is 48.7 Å². The second-order valence-electron chi connectivity index (χ2n) is 8.41. The molecule has 0 unspecified atom stereocenters. The van der Waals surface area contributed by atoms with E-state index < -0.39 is 0 Å². The summed E-state index contributed by atoms with van der Waals surface area (Å²) in [4.78, 5) is 13.9. The quantitative estimate of drug-likeness (QED) is 0.572. The van der Waals surface area contributed by atoms with E-state index in [4.69, 9.17) is 9.84 Å². The number of para-hydroxylation sites is 1. The highest BCUT2D eigenvalue weighted by atomic mass is 16.5. The number of benzene rings is 2. The van der Waals surface area contributed by atoms with Crippen LogP contribution in [-0.2, 0) is 11.3 Å². The van der Waals surface area contributed by atoms with Crippen molar-refractivity contribution in [1.29, 1.82) is 0 Å². The van der Waals surface area contributed by atoms with Crippen LogP contribution in [0.25, 0.3) is 16.9 Å². The minimum atomic E-state index is 0.0387. The SMILES string of the molecule is COc1cccc(-c2nn(-c3ccccc3)cc2CN2CCCC[C@@H]2CCNC(C)=O)c1. The Kier molecular flexibility index (Phi) is 7.22. The van der Waals surface area contributed by atoms with Gasteiger partial charge in [0, 0.05) is 43.4 Å². The highest BCUT2D eigenvalue weighted by Crippen LogP contribution is 2.30. The topological polar surface area (TPSA) is 59.4 Å². The zero-order valence-electron chi connectivity index (χ0n) is 19.0. The van der Waals surface area contributed by atoms with Gasteiger partial charge in [0.15, 0.2) is 0 Å². The van der Waals surface area contributed by atoms with Crippen molar-refractivity contribution < 1.29 is 9.53 Å². The highest BCUT2D eigenvalue weighted by molar-refractivity contribution is 5.72. The second-order valence-corrected chi connectivity index (χ2v) is 8.41. The third kappa shape index (κ3) is 5.37. The number of carbonyl (C=O) groups excluding carboxylic acids is 1. The van der Waals surface area contributed by atoms with Gasteiger partial charge in [-0.3, -0.25) is 9.69 Å². The Morgan fingerprint density at radius 3 is 2.78 bits per heavy atom. The van der Waals surface area contributed by atoms with Gasteiger partial charge in [-0.2, -0.15) is 5.10 Å². The number of nitrogens with zero attached hydrogens (tertiary/aromatic N) is 3. The van der Waals surface area contributed by atoms with Gasteiger partial charge >= 0.3 is 0 Å². The van der Waals surface area contributed by atoms with Crippen LogP contribution in [0.1, 0.15) is 38.2 Å². The Hall–Kier alpha value is -3.12. The van der Waals surface area contributed by atoms with E-state index in [1.165, 1.54) is 24.8 Å². The number of likely N-dealkylation sites (tertiary alicyclic amines) is 1. The third-order valence-electron chi connectivity index (χ3n) is 6.13. The summed E-state index contributed by atoms with van der Waals surface area (Å²) >= 11 is 0. The fourth-order valence-corrected chi connectivity index (χ4v) is 4.48. The molecule has 3 aromatic rings. The fourth-order valence-electron chi connectivity index (χ4n) is 4.48. The molecule has 2 aromatic carbocycles. The molecule has 1 aliphatic rings. The van der Waals surface area contributed by atoms with Gasteiger partial charge in [0.2, 0.25) is 5.91 Å². The highest BCUT2D eigenvalue weighted by Gasteiger charge is 2.24. The van der Waals surface area contributed by atoms with Gasteiger partial charge in [0.05, 0.1) is 18.5 Å². The van der Waals surface area contributed by atoms with Crippen molar-refractivity contribution >= 4 is 5.91 Å². The number of carbonyl (C=O) groups is 1. The predicted molar refractivity (Wildman–Crippen MR) is 127 cm³/mol. The van der Waals surface area contributed by atoms with Crippen molar-refractivity contribution in [2.24, 2.45) is 0 Å². The monoisotopic (exact) mass is 432 g/mol. The summed E-state index contributed by atoms with van der Waals surface area (Å²) in [5, 5.41) is 7.94. The number of hydrogen-bond donors (Lipinski definition) is 1. The van der Waals surface area contributed by atoms with E-state index in [0.29, 0.717) is 6.04 Å². The van der Waals surface area contributed by atoms with Crippen LogP contribution in [0.5, 0.6) is 5.75 Å². The molecule has 0 bridgehead atoms. The molecule has 1 amide bonds. The molecule has 4 rings (SSSR count). The molecule has 0 saturated carbocycles. The molecule has 0 aliphatic carbocycles. The number of rotatable bonds is 8. The second kappa shape index (κ2) is 10.5. The van der Waals surface area contributed by atoms with E-state index in [1.54, 1.807) is 14.0 Å². The number of ether oxygens (including phenoxy) is 1. The third-order valence-corrected chi connectivity index (χ3v) is 6.13. The lowest BCUT2D eigenvalue weighted by atomic mass is 9.98. The van der Waals surface area contributed by atoms with E-state index in [-0.39, 0.29) is 5.91 Å². The van der Waals surface area contributed by atoms with Crippen molar-refractivity contribution in [3.8, 4) is 22.7 Å². The molecule has 0 radical (unpaired) electrons. The van der Waals surface area contributed by atoms with Gasteiger partial charge in [0.25, 0.3) is 0 Å². The van der Waals surface area contributed by atoms with Crippen molar-refractivity contribution in [2.45, 2.75) is 45.2 Å². The Bertz CT molecular complexity index is 1030. The standard InChI is InChI=1S/C26H32N4O2/c1-20(31)27-15-14-23-10-6-7-16-29(23)18-22-19-30(24-11-4-3-5-12-24)28-26(22)21-9-8-13-25(17-21)32-2/h3-5,8-9,11-13,17,19,23H,6-7,10,14-16,18H2,1-2H3,(H,27,31)/t23-/m1/s1. The molecular formula is C26H32N4O2. The number of nitrogens with one attached hydrogen (secondary N) is 1. The summed E-state index contributed by atoms with van der Waals surface area (Å²) in [7, 11) is 1.69. The van der Waals surface area contributed by atoms with E-state index >= 15 is 0 Å². The fraction of sp³-hybridized carbons (Fsp3) is 0.385. The Labute approximate surface area is 190 Å². The van der Waals surface area contributed by atoms with Crippen LogP contribution in [0.15, 0.2) is 60.8 Å². The molecule has 32 heavy (non-hydrogen) atoms. The van der Waals surface area contributed by atoms with Gasteiger partial charge in [-0.15, -0.1) is 0 Å². The summed E-state index contributed by atoms with van der Waals surface area (Å²) in [6.07, 6.45) is 6.75. The first-order valence-electron chi connectivity index (χ1n) is 11.4. The van der Waals surface area contributed by atoms with Gasteiger partial charge in [-0.25, -0.2) is 4.68 Å². The van der Waals surface area contributed by atoms with Crippen molar-refractivity contribution in [2.75, 3.05) is 20.2 Å². The van der Waals surface area contributed by atoms with Crippen LogP contribution in [0, 0.1) is 0 Å². The smallest absolute Gasteiger partial charge is 0.216 e. The zero-order valence-corrected chi connectivity index (χ0v) is 19.0. The van der Waals surface area contributed by atoms with Crippen molar-refractivity contribution in [3.05, 3.63) is 66.4 Å². The average molecular weight is 433 g/mol. The van der Waals surface area contributed by atoms with Gasteiger partial charge in [-0.05, 0) is 50.1 Å². The summed E-state index contributed by atoms with van der Waals surface area (Å²) in [6, 6.07) is 18.8. The molecule has 1 saturated heterocycles. The summed E-state index contributed by atoms with van der Waals surface area (Å²) in [5.74, 6) is 0.866. The molecule has 1 atom stereocenters.